The van der Waals surface area contributed by atoms with Crippen molar-refractivity contribution in [2.75, 3.05) is 0 Å². The zero-order valence-corrected chi connectivity index (χ0v) is 11.8. The number of para-hydroxylation sites is 1. The first-order valence-corrected chi connectivity index (χ1v) is 7.30. The van der Waals surface area contributed by atoms with Gasteiger partial charge in [0.15, 0.2) is 0 Å². The molecule has 0 saturated heterocycles. The number of aromatic nitrogens is 1. The highest BCUT2D eigenvalue weighted by atomic mass is 16.5. The Kier molecular flexibility index (Phi) is 3.97. The molecule has 3 nitrogen and oxygen atoms in total. The third-order valence-corrected chi connectivity index (χ3v) is 3.57. The second-order valence-electron chi connectivity index (χ2n) is 5.19. The van der Waals surface area contributed by atoms with Crippen molar-refractivity contribution in [3.63, 3.8) is 0 Å². The number of aryl methyl sites for hydroxylation is 1. The summed E-state index contributed by atoms with van der Waals surface area (Å²) in [5, 5.41) is 3.51. The van der Waals surface area contributed by atoms with Crippen LogP contribution in [0.15, 0.2) is 42.6 Å². The van der Waals surface area contributed by atoms with E-state index in [-0.39, 0.29) is 0 Å². The lowest BCUT2D eigenvalue weighted by molar-refractivity contribution is 0.448. The van der Waals surface area contributed by atoms with E-state index in [0.717, 1.165) is 24.3 Å². The molecule has 2 aromatic rings. The maximum atomic E-state index is 6.03. The molecule has 1 fully saturated rings. The van der Waals surface area contributed by atoms with E-state index < -0.39 is 0 Å². The minimum Gasteiger partial charge on any atom is -0.438 e. The highest BCUT2D eigenvalue weighted by Gasteiger charge is 2.20. The fourth-order valence-electron chi connectivity index (χ4n) is 2.19. The summed E-state index contributed by atoms with van der Waals surface area (Å²) >= 11 is 0. The Balaban J connectivity index is 1.78. The van der Waals surface area contributed by atoms with Gasteiger partial charge in [0.05, 0.1) is 0 Å². The fourth-order valence-corrected chi connectivity index (χ4v) is 2.19. The SMILES string of the molecule is CCc1ccccc1Oc1ncccc1CNC1CC1. The quantitative estimate of drug-likeness (QED) is 0.867. The first-order valence-electron chi connectivity index (χ1n) is 7.30. The number of nitrogens with one attached hydrogen (secondary N) is 1. The van der Waals surface area contributed by atoms with Gasteiger partial charge < -0.3 is 10.1 Å². The molecule has 1 N–H and O–H groups in total. The molecule has 0 bridgehead atoms. The molecule has 3 rings (SSSR count). The normalized spacial score (nSPS) is 14.2. The molecule has 0 unspecified atom stereocenters. The third-order valence-electron chi connectivity index (χ3n) is 3.57. The predicted octanol–water partition coefficient (Wildman–Crippen LogP) is 3.69. The van der Waals surface area contributed by atoms with E-state index in [4.69, 9.17) is 4.74 Å². The Morgan fingerprint density at radius 3 is 2.75 bits per heavy atom. The Labute approximate surface area is 120 Å². The molecule has 1 heterocycles. The van der Waals surface area contributed by atoms with Crippen molar-refractivity contribution in [2.45, 2.75) is 38.8 Å². The van der Waals surface area contributed by atoms with E-state index in [0.29, 0.717) is 11.9 Å². The summed E-state index contributed by atoms with van der Waals surface area (Å²) in [4.78, 5) is 4.39. The molecular formula is C17H20N2O. The minimum atomic E-state index is 0.686. The lowest BCUT2D eigenvalue weighted by Crippen LogP contribution is -2.16. The molecule has 20 heavy (non-hydrogen) atoms. The van der Waals surface area contributed by atoms with Crippen LogP contribution in [0.5, 0.6) is 11.6 Å². The summed E-state index contributed by atoms with van der Waals surface area (Å²) in [5.41, 5.74) is 2.32. The van der Waals surface area contributed by atoms with Crippen LogP contribution in [0.1, 0.15) is 30.9 Å². The van der Waals surface area contributed by atoms with Crippen LogP contribution in [0.25, 0.3) is 0 Å². The molecule has 0 aliphatic heterocycles. The fraction of sp³-hybridized carbons (Fsp3) is 0.353. The standard InChI is InChI=1S/C17H20N2O/c1-2-13-6-3-4-8-16(13)20-17-14(7-5-11-18-17)12-19-15-9-10-15/h3-8,11,15,19H,2,9-10,12H2,1H3. The average Bonchev–Trinajstić information content (AvgIpc) is 3.31. The topological polar surface area (TPSA) is 34.1 Å². The Morgan fingerprint density at radius 2 is 1.95 bits per heavy atom. The van der Waals surface area contributed by atoms with Crippen LogP contribution in [0.3, 0.4) is 0 Å². The van der Waals surface area contributed by atoms with E-state index in [2.05, 4.69) is 29.4 Å². The molecule has 1 aromatic heterocycles. The molecule has 1 aliphatic carbocycles. The van der Waals surface area contributed by atoms with Crippen LogP contribution >= 0.6 is 0 Å². The van der Waals surface area contributed by atoms with Gasteiger partial charge in [0.2, 0.25) is 5.88 Å². The second kappa shape index (κ2) is 6.06. The number of pyridine rings is 1. The van der Waals surface area contributed by atoms with Crippen molar-refractivity contribution >= 4 is 0 Å². The van der Waals surface area contributed by atoms with Gasteiger partial charge in [0.1, 0.15) is 5.75 Å². The zero-order valence-electron chi connectivity index (χ0n) is 11.8. The van der Waals surface area contributed by atoms with E-state index in [1.54, 1.807) is 6.20 Å². The zero-order chi connectivity index (χ0) is 13.8. The monoisotopic (exact) mass is 268 g/mol. The molecule has 1 aliphatic rings. The van der Waals surface area contributed by atoms with E-state index in [1.807, 2.05) is 24.3 Å². The van der Waals surface area contributed by atoms with Gasteiger partial charge in [0.25, 0.3) is 0 Å². The first kappa shape index (κ1) is 13.1. The second-order valence-corrected chi connectivity index (χ2v) is 5.19. The summed E-state index contributed by atoms with van der Waals surface area (Å²) in [6, 6.07) is 12.9. The van der Waals surface area contributed by atoms with Crippen LogP contribution in [0, 0.1) is 0 Å². The van der Waals surface area contributed by atoms with Crippen LogP contribution in [0.4, 0.5) is 0 Å². The van der Waals surface area contributed by atoms with E-state index >= 15 is 0 Å². The Morgan fingerprint density at radius 1 is 1.15 bits per heavy atom. The minimum absolute atomic E-state index is 0.686. The van der Waals surface area contributed by atoms with Gasteiger partial charge in [-0.05, 0) is 37.0 Å². The third kappa shape index (κ3) is 3.17. The summed E-state index contributed by atoms with van der Waals surface area (Å²) in [5.74, 6) is 1.61. The van der Waals surface area contributed by atoms with Crippen LogP contribution < -0.4 is 10.1 Å². The summed E-state index contributed by atoms with van der Waals surface area (Å²) < 4.78 is 6.03. The van der Waals surface area contributed by atoms with E-state index in [1.165, 1.54) is 18.4 Å². The van der Waals surface area contributed by atoms with Crippen LogP contribution in [0.2, 0.25) is 0 Å². The van der Waals surface area contributed by atoms with Crippen molar-refractivity contribution in [3.8, 4) is 11.6 Å². The number of hydrogen-bond donors (Lipinski definition) is 1. The highest BCUT2D eigenvalue weighted by molar-refractivity contribution is 5.38. The Hall–Kier alpha value is -1.87. The van der Waals surface area contributed by atoms with Crippen LogP contribution in [-0.2, 0) is 13.0 Å². The Bertz CT molecular complexity index is 579. The number of benzene rings is 1. The molecule has 0 atom stereocenters. The largest absolute Gasteiger partial charge is 0.438 e. The highest BCUT2D eigenvalue weighted by Crippen LogP contribution is 2.27. The number of ether oxygens (including phenoxy) is 1. The number of hydrogen-bond acceptors (Lipinski definition) is 3. The van der Waals surface area contributed by atoms with E-state index in [9.17, 15) is 0 Å². The predicted molar refractivity (Wildman–Crippen MR) is 80.0 cm³/mol. The van der Waals surface area contributed by atoms with Gasteiger partial charge in [-0.2, -0.15) is 0 Å². The van der Waals surface area contributed by atoms with Gasteiger partial charge in [-0.25, -0.2) is 4.98 Å². The molecule has 1 aromatic carbocycles. The molecular weight excluding hydrogens is 248 g/mol. The maximum absolute atomic E-state index is 6.03. The first-order chi connectivity index (χ1) is 9.86. The van der Waals surface area contributed by atoms with Gasteiger partial charge in [-0.15, -0.1) is 0 Å². The number of nitrogens with zero attached hydrogens (tertiary/aromatic N) is 1. The number of rotatable bonds is 6. The van der Waals surface area contributed by atoms with Crippen molar-refractivity contribution in [3.05, 3.63) is 53.7 Å². The molecule has 104 valence electrons. The van der Waals surface area contributed by atoms with Crippen molar-refractivity contribution in [1.29, 1.82) is 0 Å². The van der Waals surface area contributed by atoms with Gasteiger partial charge in [-0.3, -0.25) is 0 Å². The lowest BCUT2D eigenvalue weighted by atomic mass is 10.1. The smallest absolute Gasteiger partial charge is 0.223 e. The van der Waals surface area contributed by atoms with Crippen molar-refractivity contribution in [2.24, 2.45) is 0 Å². The summed E-state index contributed by atoms with van der Waals surface area (Å²) in [7, 11) is 0. The molecule has 1 saturated carbocycles. The van der Waals surface area contributed by atoms with Gasteiger partial charge in [0, 0.05) is 24.3 Å². The molecule has 0 spiro atoms. The maximum Gasteiger partial charge on any atom is 0.223 e. The lowest BCUT2D eigenvalue weighted by Gasteiger charge is -2.12. The molecule has 0 amide bonds. The van der Waals surface area contributed by atoms with Gasteiger partial charge >= 0.3 is 0 Å². The van der Waals surface area contributed by atoms with Crippen LogP contribution in [-0.4, -0.2) is 11.0 Å². The van der Waals surface area contributed by atoms with Gasteiger partial charge in [-0.1, -0.05) is 31.2 Å². The average molecular weight is 268 g/mol. The summed E-state index contributed by atoms with van der Waals surface area (Å²) in [6.45, 7) is 2.96. The summed E-state index contributed by atoms with van der Waals surface area (Å²) in [6.07, 6.45) is 5.31. The van der Waals surface area contributed by atoms with Crippen molar-refractivity contribution < 1.29 is 4.74 Å². The van der Waals surface area contributed by atoms with Crippen molar-refractivity contribution in [1.82, 2.24) is 10.3 Å². The molecule has 0 radical (unpaired) electrons. The molecule has 3 heteroatoms.